The van der Waals surface area contributed by atoms with Crippen LogP contribution in [-0.4, -0.2) is 67.7 Å². The molecule has 1 aromatic rings. The van der Waals surface area contributed by atoms with E-state index in [0.29, 0.717) is 30.5 Å². The van der Waals surface area contributed by atoms with Gasteiger partial charge < -0.3 is 14.4 Å². The number of likely N-dealkylation sites (tertiary alicyclic amines) is 1. The SMILES string of the molecule is CCCCOCC(=O)N1C[C@H](c2ccccc2OC)[C@@H]2[C@H]1C1CCN2CC1. The van der Waals surface area contributed by atoms with Crippen LogP contribution >= 0.6 is 0 Å². The number of ether oxygens (including phenoxy) is 2. The first-order chi connectivity index (χ1) is 13.2. The summed E-state index contributed by atoms with van der Waals surface area (Å²) >= 11 is 0. The smallest absolute Gasteiger partial charge is 0.248 e. The molecular formula is C22H32N2O3. The Bertz CT molecular complexity index is 657. The summed E-state index contributed by atoms with van der Waals surface area (Å²) in [6.07, 6.45) is 4.52. The first-order valence-electron chi connectivity index (χ1n) is 10.5. The fraction of sp³-hybridized carbons (Fsp3) is 0.682. The summed E-state index contributed by atoms with van der Waals surface area (Å²) in [5.74, 6) is 2.04. The van der Waals surface area contributed by atoms with Crippen LogP contribution in [0.1, 0.15) is 44.1 Å². The summed E-state index contributed by atoms with van der Waals surface area (Å²) < 4.78 is 11.3. The van der Waals surface area contributed by atoms with Crippen LogP contribution in [0.2, 0.25) is 0 Å². The van der Waals surface area contributed by atoms with E-state index in [1.54, 1.807) is 7.11 Å². The van der Waals surface area contributed by atoms with Crippen molar-refractivity contribution in [3.63, 3.8) is 0 Å². The van der Waals surface area contributed by atoms with Gasteiger partial charge in [0.15, 0.2) is 0 Å². The number of hydrogen-bond acceptors (Lipinski definition) is 4. The first-order valence-corrected chi connectivity index (χ1v) is 10.5. The Labute approximate surface area is 162 Å². The van der Waals surface area contributed by atoms with Crippen LogP contribution in [0.25, 0.3) is 0 Å². The van der Waals surface area contributed by atoms with Crippen molar-refractivity contribution in [2.45, 2.75) is 50.6 Å². The van der Waals surface area contributed by atoms with Crippen LogP contribution < -0.4 is 4.74 Å². The van der Waals surface area contributed by atoms with Crippen molar-refractivity contribution < 1.29 is 14.3 Å². The number of rotatable bonds is 7. The Hall–Kier alpha value is -1.59. The van der Waals surface area contributed by atoms with Gasteiger partial charge in [0.2, 0.25) is 5.91 Å². The van der Waals surface area contributed by atoms with Gasteiger partial charge in [0.1, 0.15) is 12.4 Å². The second-order valence-electron chi connectivity index (χ2n) is 8.16. The molecule has 5 nitrogen and oxygen atoms in total. The van der Waals surface area contributed by atoms with Gasteiger partial charge in [-0.2, -0.15) is 0 Å². The highest BCUT2D eigenvalue weighted by Crippen LogP contribution is 2.48. The van der Waals surface area contributed by atoms with Crippen LogP contribution in [0.4, 0.5) is 0 Å². The molecule has 4 fully saturated rings. The highest BCUT2D eigenvalue weighted by atomic mass is 16.5. The minimum atomic E-state index is 0.159. The molecule has 4 saturated heterocycles. The Kier molecular flexibility index (Phi) is 5.69. The van der Waals surface area contributed by atoms with Gasteiger partial charge in [-0.1, -0.05) is 31.5 Å². The number of piperidine rings is 3. The molecule has 0 saturated carbocycles. The fourth-order valence-electron chi connectivity index (χ4n) is 5.44. The molecule has 5 rings (SSSR count). The zero-order chi connectivity index (χ0) is 18.8. The van der Waals surface area contributed by atoms with Gasteiger partial charge in [0, 0.05) is 30.7 Å². The molecule has 4 aliphatic rings. The zero-order valence-corrected chi connectivity index (χ0v) is 16.6. The van der Waals surface area contributed by atoms with Gasteiger partial charge in [0.05, 0.1) is 13.2 Å². The lowest BCUT2D eigenvalue weighted by Crippen LogP contribution is -2.61. The number of methoxy groups -OCH3 is 1. The maximum Gasteiger partial charge on any atom is 0.248 e. The third-order valence-electron chi connectivity index (χ3n) is 6.72. The molecule has 4 aliphatic heterocycles. The maximum atomic E-state index is 13.0. The Morgan fingerprint density at radius 1 is 1.19 bits per heavy atom. The normalized spacial score (nSPS) is 31.8. The van der Waals surface area contributed by atoms with Crippen molar-refractivity contribution in [1.82, 2.24) is 9.80 Å². The second-order valence-corrected chi connectivity index (χ2v) is 8.16. The molecule has 5 heteroatoms. The summed E-state index contributed by atoms with van der Waals surface area (Å²) in [4.78, 5) is 17.8. The standard InChI is InChI=1S/C22H32N2O3/c1-3-4-13-27-15-20(25)24-14-18(17-7-5-6-8-19(17)26-2)22-21(24)16-9-11-23(22)12-10-16/h5-8,16,18,21-22H,3-4,9-15H2,1-2H3/t18-,21-,22-/m1/s1. The molecule has 0 spiro atoms. The summed E-state index contributed by atoms with van der Waals surface area (Å²) in [5.41, 5.74) is 1.24. The highest BCUT2D eigenvalue weighted by Gasteiger charge is 2.54. The summed E-state index contributed by atoms with van der Waals surface area (Å²) in [6, 6.07) is 9.06. The summed E-state index contributed by atoms with van der Waals surface area (Å²) in [6.45, 7) is 6.13. The molecule has 3 atom stereocenters. The predicted molar refractivity (Wildman–Crippen MR) is 105 cm³/mol. The molecule has 0 aromatic heterocycles. The number of carbonyl (C=O) groups is 1. The van der Waals surface area contributed by atoms with E-state index in [-0.39, 0.29) is 12.5 Å². The average Bonchev–Trinajstić information content (AvgIpc) is 3.15. The molecule has 1 aromatic carbocycles. The van der Waals surface area contributed by atoms with Gasteiger partial charge in [-0.25, -0.2) is 0 Å². The van der Waals surface area contributed by atoms with Gasteiger partial charge in [-0.05, 0) is 44.3 Å². The maximum absolute atomic E-state index is 13.0. The monoisotopic (exact) mass is 372 g/mol. The van der Waals surface area contributed by atoms with Crippen molar-refractivity contribution in [2.75, 3.05) is 40.0 Å². The molecule has 0 unspecified atom stereocenters. The van der Waals surface area contributed by atoms with Crippen LogP contribution in [0.3, 0.4) is 0 Å². The minimum absolute atomic E-state index is 0.159. The minimum Gasteiger partial charge on any atom is -0.496 e. The summed E-state index contributed by atoms with van der Waals surface area (Å²) in [5, 5.41) is 0. The van der Waals surface area contributed by atoms with E-state index >= 15 is 0 Å². The van der Waals surface area contributed by atoms with E-state index in [9.17, 15) is 4.79 Å². The van der Waals surface area contributed by atoms with Crippen molar-refractivity contribution in [3.05, 3.63) is 29.8 Å². The van der Waals surface area contributed by atoms with E-state index in [0.717, 1.165) is 38.2 Å². The van der Waals surface area contributed by atoms with E-state index in [1.165, 1.54) is 18.4 Å². The zero-order valence-electron chi connectivity index (χ0n) is 16.6. The number of amides is 1. The van der Waals surface area contributed by atoms with E-state index < -0.39 is 0 Å². The molecule has 2 bridgehead atoms. The van der Waals surface area contributed by atoms with Gasteiger partial charge in [-0.3, -0.25) is 9.69 Å². The van der Waals surface area contributed by atoms with Gasteiger partial charge in [0.25, 0.3) is 0 Å². The quantitative estimate of drug-likeness (QED) is 0.690. The Morgan fingerprint density at radius 2 is 1.96 bits per heavy atom. The van der Waals surface area contributed by atoms with Crippen molar-refractivity contribution in [2.24, 2.45) is 5.92 Å². The number of hydrogen-bond donors (Lipinski definition) is 0. The largest absolute Gasteiger partial charge is 0.496 e. The fourth-order valence-corrected chi connectivity index (χ4v) is 5.44. The molecule has 1 amide bonds. The van der Waals surface area contributed by atoms with Crippen LogP contribution in [0, 0.1) is 5.92 Å². The van der Waals surface area contributed by atoms with Crippen molar-refractivity contribution in [1.29, 1.82) is 0 Å². The molecule has 27 heavy (non-hydrogen) atoms. The number of benzene rings is 1. The lowest BCUT2D eigenvalue weighted by molar-refractivity contribution is -0.140. The topological polar surface area (TPSA) is 42.0 Å². The van der Waals surface area contributed by atoms with E-state index in [2.05, 4.69) is 28.9 Å². The number of carbonyl (C=O) groups excluding carboxylic acids is 1. The number of nitrogens with zero attached hydrogens (tertiary/aromatic N) is 2. The highest BCUT2D eigenvalue weighted by molar-refractivity contribution is 5.78. The lowest BCUT2D eigenvalue weighted by atomic mass is 9.75. The average molecular weight is 373 g/mol. The second kappa shape index (κ2) is 8.19. The van der Waals surface area contributed by atoms with Gasteiger partial charge >= 0.3 is 0 Å². The number of unbranched alkanes of at least 4 members (excludes halogenated alkanes) is 1. The molecule has 148 valence electrons. The third-order valence-corrected chi connectivity index (χ3v) is 6.72. The van der Waals surface area contributed by atoms with Crippen LogP contribution in [0.15, 0.2) is 24.3 Å². The summed E-state index contributed by atoms with van der Waals surface area (Å²) in [7, 11) is 1.74. The number of fused-ring (bicyclic) bond motifs is 2. The molecule has 0 aliphatic carbocycles. The Morgan fingerprint density at radius 3 is 2.70 bits per heavy atom. The first kappa shape index (κ1) is 18.8. The van der Waals surface area contributed by atoms with Crippen molar-refractivity contribution >= 4 is 5.91 Å². The molecule has 4 heterocycles. The molecule has 0 N–H and O–H groups in total. The molecular weight excluding hydrogens is 340 g/mol. The van der Waals surface area contributed by atoms with Crippen LogP contribution in [-0.2, 0) is 9.53 Å². The van der Waals surface area contributed by atoms with E-state index in [4.69, 9.17) is 9.47 Å². The van der Waals surface area contributed by atoms with Crippen LogP contribution in [0.5, 0.6) is 5.75 Å². The van der Waals surface area contributed by atoms with E-state index in [1.807, 2.05) is 12.1 Å². The predicted octanol–water partition coefficient (Wildman–Crippen LogP) is 2.90. The molecule has 0 radical (unpaired) electrons. The van der Waals surface area contributed by atoms with Crippen molar-refractivity contribution in [3.8, 4) is 5.75 Å². The lowest BCUT2D eigenvalue weighted by Gasteiger charge is -2.51. The van der Waals surface area contributed by atoms with Gasteiger partial charge in [-0.15, -0.1) is 0 Å². The Balaban J connectivity index is 1.58. The number of para-hydroxylation sites is 1. The third kappa shape index (κ3) is 3.47.